The molecular weight excluding hydrogens is 403 g/mol. The van der Waals surface area contributed by atoms with Crippen molar-refractivity contribution in [3.63, 3.8) is 0 Å². The molecule has 1 atom stereocenters. The Morgan fingerprint density at radius 2 is 1.87 bits per heavy atom. The first-order chi connectivity index (χ1) is 14.5. The lowest BCUT2D eigenvalue weighted by Gasteiger charge is -2.35. The highest BCUT2D eigenvalue weighted by Crippen LogP contribution is 2.36. The molecule has 168 valence electrons. The number of aromatic nitrogens is 1. The number of alkyl halides is 3. The first kappa shape index (κ1) is 23.1. The molecule has 0 bridgehead atoms. The van der Waals surface area contributed by atoms with Crippen LogP contribution in [-0.4, -0.2) is 30.2 Å². The number of aryl methyl sites for hydroxylation is 2. The molecule has 1 aliphatic heterocycles. The Kier molecular flexibility index (Phi) is 6.92. The highest BCUT2D eigenvalue weighted by atomic mass is 19.4. The van der Waals surface area contributed by atoms with Crippen molar-refractivity contribution in [3.05, 3.63) is 47.3 Å². The molecular formula is C24H30F3N3O. The Morgan fingerprint density at radius 3 is 2.48 bits per heavy atom. The summed E-state index contributed by atoms with van der Waals surface area (Å²) < 4.78 is 39.8. The van der Waals surface area contributed by atoms with E-state index in [4.69, 9.17) is 0 Å². The molecule has 7 heteroatoms. The van der Waals surface area contributed by atoms with Crippen LogP contribution in [0.25, 0.3) is 11.1 Å². The van der Waals surface area contributed by atoms with E-state index in [0.717, 1.165) is 33.8 Å². The van der Waals surface area contributed by atoms with E-state index in [-0.39, 0.29) is 24.8 Å². The van der Waals surface area contributed by atoms with Gasteiger partial charge in [0.05, 0.1) is 5.92 Å². The Hall–Kier alpha value is -2.57. The number of carbonyl (C=O) groups excluding carboxylic acids is 1. The van der Waals surface area contributed by atoms with Crippen LogP contribution >= 0.6 is 0 Å². The van der Waals surface area contributed by atoms with Gasteiger partial charge in [-0.2, -0.15) is 13.2 Å². The lowest BCUT2D eigenvalue weighted by Crippen LogP contribution is -2.41. The minimum Gasteiger partial charge on any atom is -0.371 e. The number of anilines is 1. The SMILES string of the molecule is Cc1cc(-c2ccc(N3CCCC(C(F)(F)F)C3)cc2CNC(=O)C(C)C)cc(C)n1. The van der Waals surface area contributed by atoms with Gasteiger partial charge in [0.15, 0.2) is 0 Å². The summed E-state index contributed by atoms with van der Waals surface area (Å²) >= 11 is 0. The monoisotopic (exact) mass is 433 g/mol. The summed E-state index contributed by atoms with van der Waals surface area (Å²) in [6.45, 7) is 8.38. The van der Waals surface area contributed by atoms with Gasteiger partial charge in [-0.05, 0) is 67.6 Å². The highest BCUT2D eigenvalue weighted by Gasteiger charge is 2.41. The molecule has 1 N–H and O–H groups in total. The number of piperidine rings is 1. The molecule has 0 aliphatic carbocycles. The summed E-state index contributed by atoms with van der Waals surface area (Å²) in [4.78, 5) is 18.4. The number of nitrogens with one attached hydrogen (secondary N) is 1. The van der Waals surface area contributed by atoms with Crippen LogP contribution in [0.5, 0.6) is 0 Å². The van der Waals surface area contributed by atoms with E-state index >= 15 is 0 Å². The van der Waals surface area contributed by atoms with Gasteiger partial charge in [0, 0.05) is 42.6 Å². The van der Waals surface area contributed by atoms with Crippen molar-refractivity contribution in [1.82, 2.24) is 10.3 Å². The number of halogens is 3. The lowest BCUT2D eigenvalue weighted by molar-refractivity contribution is -0.176. The van der Waals surface area contributed by atoms with Crippen LogP contribution in [0.4, 0.5) is 18.9 Å². The number of amides is 1. The molecule has 4 nitrogen and oxygen atoms in total. The van der Waals surface area contributed by atoms with E-state index in [1.165, 1.54) is 0 Å². The molecule has 1 unspecified atom stereocenters. The molecule has 2 aromatic rings. The fourth-order valence-corrected chi connectivity index (χ4v) is 4.06. The number of carbonyl (C=O) groups is 1. The van der Waals surface area contributed by atoms with Crippen molar-refractivity contribution >= 4 is 11.6 Å². The van der Waals surface area contributed by atoms with Gasteiger partial charge in [0.2, 0.25) is 5.91 Å². The van der Waals surface area contributed by atoms with Gasteiger partial charge in [0.25, 0.3) is 0 Å². The molecule has 0 saturated carbocycles. The summed E-state index contributed by atoms with van der Waals surface area (Å²) in [5, 5.41) is 2.95. The van der Waals surface area contributed by atoms with Crippen LogP contribution < -0.4 is 10.2 Å². The van der Waals surface area contributed by atoms with Crippen LogP contribution in [0.1, 0.15) is 43.6 Å². The van der Waals surface area contributed by atoms with Crippen molar-refractivity contribution in [1.29, 1.82) is 0 Å². The first-order valence-electron chi connectivity index (χ1n) is 10.7. The average Bonchev–Trinajstić information content (AvgIpc) is 2.70. The lowest BCUT2D eigenvalue weighted by atomic mass is 9.95. The number of nitrogens with zero attached hydrogens (tertiary/aromatic N) is 2. The Bertz CT molecular complexity index is 920. The molecule has 2 heterocycles. The quantitative estimate of drug-likeness (QED) is 0.685. The van der Waals surface area contributed by atoms with Crippen LogP contribution in [0.2, 0.25) is 0 Å². The van der Waals surface area contributed by atoms with E-state index < -0.39 is 12.1 Å². The molecule has 0 radical (unpaired) electrons. The Morgan fingerprint density at radius 1 is 1.19 bits per heavy atom. The average molecular weight is 434 g/mol. The highest BCUT2D eigenvalue weighted by molar-refractivity contribution is 5.78. The van der Waals surface area contributed by atoms with Crippen molar-refractivity contribution in [2.45, 2.75) is 53.3 Å². The van der Waals surface area contributed by atoms with E-state index in [1.54, 1.807) is 0 Å². The van der Waals surface area contributed by atoms with Gasteiger partial charge in [0.1, 0.15) is 0 Å². The van der Waals surface area contributed by atoms with Gasteiger partial charge in [-0.15, -0.1) is 0 Å². The second-order valence-corrected chi connectivity index (χ2v) is 8.68. The summed E-state index contributed by atoms with van der Waals surface area (Å²) in [5.74, 6) is -1.52. The van der Waals surface area contributed by atoms with Crippen molar-refractivity contribution in [3.8, 4) is 11.1 Å². The third-order valence-electron chi connectivity index (χ3n) is 5.71. The number of rotatable bonds is 5. The van der Waals surface area contributed by atoms with Crippen LogP contribution in [0, 0.1) is 25.7 Å². The standard InChI is InChI=1S/C24H30F3N3O/c1-15(2)23(31)28-13-19-12-21(30-9-5-6-20(14-30)24(25,26)27)7-8-22(19)18-10-16(3)29-17(4)11-18/h7-8,10-12,15,20H,5-6,9,13-14H2,1-4H3,(H,28,31). The predicted octanol–water partition coefficient (Wildman–Crippen LogP) is 5.42. The smallest absolute Gasteiger partial charge is 0.371 e. The molecule has 31 heavy (non-hydrogen) atoms. The topological polar surface area (TPSA) is 45.2 Å². The third kappa shape index (κ3) is 5.77. The fraction of sp³-hybridized carbons (Fsp3) is 0.500. The van der Waals surface area contributed by atoms with E-state index in [9.17, 15) is 18.0 Å². The number of benzene rings is 1. The molecule has 1 aromatic carbocycles. The van der Waals surface area contributed by atoms with E-state index in [1.807, 2.05) is 62.9 Å². The van der Waals surface area contributed by atoms with Crippen LogP contribution in [0.15, 0.2) is 30.3 Å². The van der Waals surface area contributed by atoms with Gasteiger partial charge in [-0.3, -0.25) is 9.78 Å². The molecule has 1 aromatic heterocycles. The maximum absolute atomic E-state index is 13.3. The maximum atomic E-state index is 13.3. The molecule has 1 saturated heterocycles. The van der Waals surface area contributed by atoms with Crippen molar-refractivity contribution in [2.75, 3.05) is 18.0 Å². The van der Waals surface area contributed by atoms with Gasteiger partial charge in [-0.25, -0.2) is 0 Å². The minimum absolute atomic E-state index is 0.0336. The van der Waals surface area contributed by atoms with E-state index in [0.29, 0.717) is 19.5 Å². The van der Waals surface area contributed by atoms with Crippen LogP contribution in [0.3, 0.4) is 0 Å². The molecule has 1 amide bonds. The summed E-state index contributed by atoms with van der Waals surface area (Å²) in [6.07, 6.45) is -3.50. The number of hydrogen-bond donors (Lipinski definition) is 1. The largest absolute Gasteiger partial charge is 0.393 e. The zero-order valence-electron chi connectivity index (χ0n) is 18.5. The second kappa shape index (κ2) is 9.28. The van der Waals surface area contributed by atoms with Gasteiger partial charge in [-0.1, -0.05) is 19.9 Å². The zero-order valence-corrected chi connectivity index (χ0v) is 18.5. The molecule has 1 fully saturated rings. The second-order valence-electron chi connectivity index (χ2n) is 8.68. The molecule has 1 aliphatic rings. The van der Waals surface area contributed by atoms with Crippen molar-refractivity contribution < 1.29 is 18.0 Å². The summed E-state index contributed by atoms with van der Waals surface area (Å²) in [5.41, 5.74) is 5.35. The minimum atomic E-state index is -4.18. The zero-order chi connectivity index (χ0) is 22.8. The Balaban J connectivity index is 1.95. The van der Waals surface area contributed by atoms with Gasteiger partial charge >= 0.3 is 6.18 Å². The molecule has 3 rings (SSSR count). The number of hydrogen-bond acceptors (Lipinski definition) is 3. The molecule has 0 spiro atoms. The predicted molar refractivity (Wildman–Crippen MR) is 117 cm³/mol. The third-order valence-corrected chi connectivity index (χ3v) is 5.71. The normalized spacial score (nSPS) is 17.2. The Labute approximate surface area is 181 Å². The van der Waals surface area contributed by atoms with Crippen LogP contribution in [-0.2, 0) is 11.3 Å². The number of pyridine rings is 1. The summed E-state index contributed by atoms with van der Waals surface area (Å²) in [7, 11) is 0. The van der Waals surface area contributed by atoms with Crippen molar-refractivity contribution in [2.24, 2.45) is 11.8 Å². The maximum Gasteiger partial charge on any atom is 0.393 e. The summed E-state index contributed by atoms with van der Waals surface area (Å²) in [6, 6.07) is 9.71. The van der Waals surface area contributed by atoms with E-state index in [2.05, 4.69) is 10.3 Å². The first-order valence-corrected chi connectivity index (χ1v) is 10.7. The van der Waals surface area contributed by atoms with Gasteiger partial charge < -0.3 is 10.2 Å². The fourth-order valence-electron chi connectivity index (χ4n) is 4.06.